The molecule has 0 fully saturated rings. The molecule has 1 aromatic heterocycles. The second kappa shape index (κ2) is 12.7. The number of carbonyl (C=O) groups excluding carboxylic acids is 1. The molecule has 176 valence electrons. The molecule has 2 aromatic carbocycles. The molecule has 33 heavy (non-hydrogen) atoms. The molecule has 8 heteroatoms. The molecule has 1 N–H and O–H groups in total. The van der Waals surface area contributed by atoms with E-state index in [0.29, 0.717) is 30.9 Å². The maximum Gasteiger partial charge on any atom is 0.271 e. The van der Waals surface area contributed by atoms with Crippen molar-refractivity contribution in [3.05, 3.63) is 77.6 Å². The number of imidazole rings is 1. The Morgan fingerprint density at radius 3 is 2.79 bits per heavy atom. The smallest absolute Gasteiger partial charge is 0.271 e. The van der Waals surface area contributed by atoms with Gasteiger partial charge in [0.2, 0.25) is 0 Å². The van der Waals surface area contributed by atoms with Gasteiger partial charge in [0.05, 0.1) is 18.9 Å². The van der Waals surface area contributed by atoms with Crippen molar-refractivity contribution in [2.75, 3.05) is 27.1 Å². The van der Waals surface area contributed by atoms with E-state index in [-0.39, 0.29) is 30.7 Å². The molecule has 0 unspecified atom stereocenters. The van der Waals surface area contributed by atoms with Crippen LogP contribution in [0.3, 0.4) is 0 Å². The predicted octanol–water partition coefficient (Wildman–Crippen LogP) is 4.28. The van der Waals surface area contributed by atoms with Gasteiger partial charge >= 0.3 is 0 Å². The maximum atomic E-state index is 14.9. The zero-order chi connectivity index (χ0) is 23.5. The largest absolute Gasteiger partial charge is 0.493 e. The van der Waals surface area contributed by atoms with Crippen molar-refractivity contribution in [3.63, 3.8) is 0 Å². The Kier molecular flexibility index (Phi) is 9.41. The highest BCUT2D eigenvalue weighted by Gasteiger charge is 2.16. The zero-order valence-electron chi connectivity index (χ0n) is 19.1. The van der Waals surface area contributed by atoms with Crippen LogP contribution in [-0.4, -0.2) is 42.5 Å². The lowest BCUT2D eigenvalue weighted by Crippen LogP contribution is -2.26. The molecule has 0 atom stereocenters. The van der Waals surface area contributed by atoms with E-state index in [1.165, 1.54) is 30.3 Å². The summed E-state index contributed by atoms with van der Waals surface area (Å²) in [5.74, 6) is -0.255. The third kappa shape index (κ3) is 7.13. The summed E-state index contributed by atoms with van der Waals surface area (Å²) in [7, 11) is 1.52. The molecule has 3 aromatic rings. The number of hydrogen-bond donors (Lipinski definition) is 1. The lowest BCUT2D eigenvalue weighted by Gasteiger charge is -2.14. The summed E-state index contributed by atoms with van der Waals surface area (Å²) >= 11 is 0. The number of aromatic nitrogens is 2. The first-order valence-corrected chi connectivity index (χ1v) is 11.0. The Labute approximate surface area is 193 Å². The summed E-state index contributed by atoms with van der Waals surface area (Å²) < 4.78 is 32.6. The fraction of sp³-hybridized carbons (Fsp3) is 0.360. The third-order valence-electron chi connectivity index (χ3n) is 4.98. The molecule has 0 aliphatic carbocycles. The van der Waals surface area contributed by atoms with Gasteiger partial charge in [-0.1, -0.05) is 43.7 Å². The van der Waals surface area contributed by atoms with Gasteiger partial charge < -0.3 is 24.1 Å². The number of nitrogens with zero attached hydrogens (tertiary/aromatic N) is 2. The quantitative estimate of drug-likeness (QED) is 0.308. The summed E-state index contributed by atoms with van der Waals surface area (Å²) in [6, 6.07) is 12.9. The summed E-state index contributed by atoms with van der Waals surface area (Å²) in [6.07, 6.45) is 5.50. The number of carbonyl (C=O) groups is 1. The molecule has 0 aliphatic rings. The van der Waals surface area contributed by atoms with Crippen LogP contribution in [0.15, 0.2) is 55.0 Å². The fourth-order valence-corrected chi connectivity index (χ4v) is 3.22. The molecule has 0 spiro atoms. The van der Waals surface area contributed by atoms with Crippen LogP contribution in [0.1, 0.15) is 41.4 Å². The number of amides is 1. The highest BCUT2D eigenvalue weighted by atomic mass is 19.1. The number of benzene rings is 2. The molecule has 0 bridgehead atoms. The number of rotatable bonds is 13. The monoisotopic (exact) mass is 455 g/mol. The Morgan fingerprint density at radius 2 is 2.03 bits per heavy atom. The van der Waals surface area contributed by atoms with Crippen molar-refractivity contribution in [3.8, 4) is 11.4 Å². The van der Waals surface area contributed by atoms with Crippen molar-refractivity contribution in [1.82, 2.24) is 14.9 Å². The highest BCUT2D eigenvalue weighted by molar-refractivity contribution is 5.92. The molecule has 3 rings (SSSR count). The minimum atomic E-state index is -0.470. The Balaban J connectivity index is 1.71. The van der Waals surface area contributed by atoms with Crippen LogP contribution in [0.5, 0.6) is 5.75 Å². The van der Waals surface area contributed by atoms with Gasteiger partial charge in [0, 0.05) is 31.5 Å². The summed E-state index contributed by atoms with van der Waals surface area (Å²) in [4.78, 5) is 16.6. The summed E-state index contributed by atoms with van der Waals surface area (Å²) in [5, 5.41) is 2.85. The summed E-state index contributed by atoms with van der Waals surface area (Å²) in [6.45, 7) is 3.32. The van der Waals surface area contributed by atoms with Crippen molar-refractivity contribution >= 4 is 5.91 Å². The minimum absolute atomic E-state index is 0.0992. The Hall–Kier alpha value is -3.23. The number of unbranched alkanes of at least 4 members (excludes halogenated alkanes) is 1. The number of methoxy groups -OCH3 is 1. The van der Waals surface area contributed by atoms with Gasteiger partial charge in [-0.05, 0) is 24.5 Å². The van der Waals surface area contributed by atoms with E-state index in [2.05, 4.69) is 17.2 Å². The molecule has 0 aliphatic heterocycles. The van der Waals surface area contributed by atoms with Crippen LogP contribution >= 0.6 is 0 Å². The first-order valence-electron chi connectivity index (χ1n) is 11.0. The van der Waals surface area contributed by atoms with E-state index in [1.54, 1.807) is 6.07 Å². The number of halogens is 1. The minimum Gasteiger partial charge on any atom is -0.493 e. The number of nitrogens with one attached hydrogen (secondary N) is 1. The fourth-order valence-electron chi connectivity index (χ4n) is 3.22. The third-order valence-corrected chi connectivity index (χ3v) is 4.98. The van der Waals surface area contributed by atoms with Crippen LogP contribution in [0.25, 0.3) is 5.69 Å². The SMILES string of the molecule is CCCCOc1cc(-n2cnc(C(=O)NCCc3ccccc3)c2)c(F)cc1COCOC. The summed E-state index contributed by atoms with van der Waals surface area (Å²) in [5.41, 5.74) is 2.18. The standard InChI is InChI=1S/C25H30FN3O4/c1-3-4-12-33-24-14-23(21(26)13-20(24)16-32-18-31-2)29-15-22(28-17-29)25(30)27-11-10-19-8-6-5-7-9-19/h5-9,13-15,17H,3-4,10-12,16,18H2,1-2H3,(H,27,30). The van der Waals surface area contributed by atoms with E-state index >= 15 is 0 Å². The van der Waals surface area contributed by atoms with Crippen LogP contribution in [0.2, 0.25) is 0 Å². The van der Waals surface area contributed by atoms with Crippen molar-refractivity contribution in [1.29, 1.82) is 0 Å². The lowest BCUT2D eigenvalue weighted by molar-refractivity contribution is -0.0396. The van der Waals surface area contributed by atoms with Gasteiger partial charge in [-0.15, -0.1) is 0 Å². The lowest BCUT2D eigenvalue weighted by atomic mass is 10.1. The normalized spacial score (nSPS) is 10.9. The number of ether oxygens (including phenoxy) is 3. The van der Waals surface area contributed by atoms with E-state index in [0.717, 1.165) is 18.4 Å². The van der Waals surface area contributed by atoms with Crippen LogP contribution in [0, 0.1) is 5.82 Å². The first kappa shape index (κ1) is 24.4. The van der Waals surface area contributed by atoms with E-state index < -0.39 is 5.82 Å². The van der Waals surface area contributed by atoms with Crippen molar-refractivity contribution in [2.24, 2.45) is 0 Å². The second-order valence-corrected chi connectivity index (χ2v) is 7.53. The average Bonchev–Trinajstić information content (AvgIpc) is 3.31. The van der Waals surface area contributed by atoms with Crippen LogP contribution in [-0.2, 0) is 22.5 Å². The molecule has 1 amide bonds. The van der Waals surface area contributed by atoms with Crippen LogP contribution < -0.4 is 10.1 Å². The van der Waals surface area contributed by atoms with Crippen LogP contribution in [0.4, 0.5) is 4.39 Å². The Bertz CT molecular complexity index is 1020. The van der Waals surface area contributed by atoms with Gasteiger partial charge in [-0.25, -0.2) is 9.37 Å². The van der Waals surface area contributed by atoms with Crippen molar-refractivity contribution in [2.45, 2.75) is 32.8 Å². The molecular weight excluding hydrogens is 425 g/mol. The average molecular weight is 456 g/mol. The molecule has 0 radical (unpaired) electrons. The highest BCUT2D eigenvalue weighted by Crippen LogP contribution is 2.27. The number of hydrogen-bond acceptors (Lipinski definition) is 5. The van der Waals surface area contributed by atoms with E-state index in [1.807, 2.05) is 30.3 Å². The topological polar surface area (TPSA) is 74.6 Å². The van der Waals surface area contributed by atoms with Gasteiger partial charge in [0.15, 0.2) is 0 Å². The molecule has 0 saturated carbocycles. The van der Waals surface area contributed by atoms with E-state index in [4.69, 9.17) is 14.2 Å². The van der Waals surface area contributed by atoms with Gasteiger partial charge in [-0.3, -0.25) is 4.79 Å². The Morgan fingerprint density at radius 1 is 1.21 bits per heavy atom. The molecule has 0 saturated heterocycles. The zero-order valence-corrected chi connectivity index (χ0v) is 19.1. The maximum absolute atomic E-state index is 14.9. The predicted molar refractivity (Wildman–Crippen MR) is 123 cm³/mol. The van der Waals surface area contributed by atoms with Gasteiger partial charge in [0.1, 0.15) is 30.4 Å². The molecule has 1 heterocycles. The van der Waals surface area contributed by atoms with Gasteiger partial charge in [0.25, 0.3) is 5.91 Å². The first-order chi connectivity index (χ1) is 16.1. The molecular formula is C25H30FN3O4. The second-order valence-electron chi connectivity index (χ2n) is 7.53. The van der Waals surface area contributed by atoms with Crippen molar-refractivity contribution < 1.29 is 23.4 Å². The van der Waals surface area contributed by atoms with E-state index in [9.17, 15) is 9.18 Å². The van der Waals surface area contributed by atoms with Gasteiger partial charge in [-0.2, -0.15) is 0 Å². The molecule has 7 nitrogen and oxygen atoms in total.